The molecule has 1 aromatic rings. The summed E-state index contributed by atoms with van der Waals surface area (Å²) in [5.74, 6) is 0.796. The van der Waals surface area contributed by atoms with Gasteiger partial charge in [0.05, 0.1) is 0 Å². The summed E-state index contributed by atoms with van der Waals surface area (Å²) >= 11 is 0. The monoisotopic (exact) mass is 232 g/mol. The van der Waals surface area contributed by atoms with Crippen molar-refractivity contribution < 1.29 is 0 Å². The molecule has 1 aromatic carbocycles. The van der Waals surface area contributed by atoms with Crippen molar-refractivity contribution in [2.45, 2.75) is 19.3 Å². The number of hydrogen-bond acceptors (Lipinski definition) is 2. The average Bonchev–Trinajstić information content (AvgIpc) is 2.89. The van der Waals surface area contributed by atoms with Gasteiger partial charge in [-0.05, 0) is 18.5 Å². The Labute approximate surface area is 105 Å². The van der Waals surface area contributed by atoms with Gasteiger partial charge in [0.1, 0.15) is 0 Å². The van der Waals surface area contributed by atoms with E-state index in [-0.39, 0.29) is 0 Å². The number of hydrogen-bond donors (Lipinski definition) is 1. The minimum absolute atomic E-state index is 0.385. The molecule has 94 valence electrons. The lowest BCUT2D eigenvalue weighted by Gasteiger charge is -2.28. The van der Waals surface area contributed by atoms with Gasteiger partial charge in [0.25, 0.3) is 0 Å². The van der Waals surface area contributed by atoms with Gasteiger partial charge in [-0.3, -0.25) is 0 Å². The fourth-order valence-corrected chi connectivity index (χ4v) is 3.36. The molecule has 0 aromatic heterocycles. The molecular weight excluding hydrogens is 208 g/mol. The highest BCUT2D eigenvalue weighted by Gasteiger charge is 2.49. The molecule has 0 amide bonds. The van der Waals surface area contributed by atoms with Crippen molar-refractivity contribution in [3.05, 3.63) is 35.9 Å². The maximum absolute atomic E-state index is 3.56. The van der Waals surface area contributed by atoms with E-state index >= 15 is 0 Å². The van der Waals surface area contributed by atoms with E-state index in [1.807, 2.05) is 13.8 Å². The predicted octanol–water partition coefficient (Wildman–Crippen LogP) is 2.12. The first kappa shape index (κ1) is 12.6. The molecule has 0 radical (unpaired) electrons. The highest BCUT2D eigenvalue weighted by Crippen LogP contribution is 2.40. The van der Waals surface area contributed by atoms with Crippen LogP contribution in [0, 0.1) is 5.92 Å². The molecule has 2 heteroatoms. The summed E-state index contributed by atoms with van der Waals surface area (Å²) in [5, 5.41) is 3.56. The maximum Gasteiger partial charge on any atom is 0.0257 e. The summed E-state index contributed by atoms with van der Waals surface area (Å²) in [6.45, 7) is 8.77. The van der Waals surface area contributed by atoms with Crippen LogP contribution in [0.25, 0.3) is 0 Å². The zero-order chi connectivity index (χ0) is 12.3. The molecule has 2 atom stereocenters. The number of fused-ring (bicyclic) bond motifs is 1. The quantitative estimate of drug-likeness (QED) is 0.798. The lowest BCUT2D eigenvalue weighted by molar-refractivity contribution is 0.367. The van der Waals surface area contributed by atoms with E-state index in [1.165, 1.54) is 25.2 Å². The summed E-state index contributed by atoms with van der Waals surface area (Å²) in [6.07, 6.45) is 0. The normalized spacial score (nSPS) is 31.8. The van der Waals surface area contributed by atoms with Gasteiger partial charge in [0.2, 0.25) is 0 Å². The topological polar surface area (TPSA) is 15.3 Å². The van der Waals surface area contributed by atoms with Gasteiger partial charge in [-0.25, -0.2) is 0 Å². The van der Waals surface area contributed by atoms with Crippen LogP contribution < -0.4 is 5.32 Å². The highest BCUT2D eigenvalue weighted by atomic mass is 15.2. The highest BCUT2D eigenvalue weighted by molar-refractivity contribution is 5.31. The summed E-state index contributed by atoms with van der Waals surface area (Å²) in [6, 6.07) is 11.0. The molecule has 0 aliphatic carbocycles. The van der Waals surface area contributed by atoms with Crippen LogP contribution >= 0.6 is 0 Å². The second-order valence-corrected chi connectivity index (χ2v) is 5.05. The van der Waals surface area contributed by atoms with Crippen LogP contribution in [0.3, 0.4) is 0 Å². The fourth-order valence-electron chi connectivity index (χ4n) is 3.36. The number of benzene rings is 1. The largest absolute Gasteiger partial charge is 0.315 e. The van der Waals surface area contributed by atoms with Crippen LogP contribution in [0.1, 0.15) is 19.4 Å². The lowest BCUT2D eigenvalue weighted by Crippen LogP contribution is -2.36. The number of rotatable bonds is 1. The Balaban J connectivity index is 0.000000514. The summed E-state index contributed by atoms with van der Waals surface area (Å²) in [7, 11) is 2.24. The fraction of sp³-hybridized carbons (Fsp3) is 0.600. The first-order valence-electron chi connectivity index (χ1n) is 6.76. The summed E-state index contributed by atoms with van der Waals surface area (Å²) in [4.78, 5) is 2.47. The molecule has 2 aliphatic rings. The van der Waals surface area contributed by atoms with Crippen LogP contribution in [0.5, 0.6) is 0 Å². The Morgan fingerprint density at radius 1 is 1.24 bits per heavy atom. The van der Waals surface area contributed by atoms with Crippen LogP contribution in [-0.2, 0) is 5.41 Å². The van der Waals surface area contributed by atoms with Crippen LogP contribution in [0.4, 0.5) is 0 Å². The Morgan fingerprint density at radius 2 is 1.94 bits per heavy atom. The van der Waals surface area contributed by atoms with Gasteiger partial charge < -0.3 is 10.2 Å². The van der Waals surface area contributed by atoms with E-state index in [1.54, 1.807) is 0 Å². The molecular formula is C15H24N2. The third kappa shape index (κ3) is 2.12. The van der Waals surface area contributed by atoms with E-state index in [9.17, 15) is 0 Å². The van der Waals surface area contributed by atoms with E-state index < -0.39 is 0 Å². The van der Waals surface area contributed by atoms with Gasteiger partial charge in [0, 0.05) is 31.6 Å². The smallest absolute Gasteiger partial charge is 0.0257 e. The molecule has 2 nitrogen and oxygen atoms in total. The molecule has 0 saturated carbocycles. The van der Waals surface area contributed by atoms with E-state index in [0.717, 1.165) is 12.5 Å². The van der Waals surface area contributed by atoms with E-state index in [0.29, 0.717) is 5.41 Å². The summed E-state index contributed by atoms with van der Waals surface area (Å²) < 4.78 is 0. The number of nitrogens with one attached hydrogen (secondary N) is 1. The van der Waals surface area contributed by atoms with Crippen molar-refractivity contribution in [1.29, 1.82) is 0 Å². The standard InChI is InChI=1S/C13H18N2.C2H6/c1-15-8-12-7-14-9-13(12,10-15)11-5-3-2-4-6-11;1-2/h2-6,12,14H,7-10H2,1H3;1-2H3/t12-,13+;/m0./s1. The van der Waals surface area contributed by atoms with Crippen molar-refractivity contribution >= 4 is 0 Å². The van der Waals surface area contributed by atoms with Gasteiger partial charge in [-0.2, -0.15) is 0 Å². The first-order chi connectivity index (χ1) is 8.31. The number of likely N-dealkylation sites (tertiary alicyclic amines) is 1. The molecule has 2 saturated heterocycles. The predicted molar refractivity (Wildman–Crippen MR) is 73.3 cm³/mol. The van der Waals surface area contributed by atoms with Crippen molar-refractivity contribution in [2.75, 3.05) is 33.2 Å². The molecule has 17 heavy (non-hydrogen) atoms. The molecule has 2 fully saturated rings. The van der Waals surface area contributed by atoms with Gasteiger partial charge in [-0.15, -0.1) is 0 Å². The molecule has 1 N–H and O–H groups in total. The minimum atomic E-state index is 0.385. The molecule has 2 aliphatic heterocycles. The van der Waals surface area contributed by atoms with Crippen molar-refractivity contribution in [1.82, 2.24) is 10.2 Å². The SMILES string of the molecule is CC.CN1C[C@@H]2CNC[C@]2(c2ccccc2)C1. The van der Waals surface area contributed by atoms with Crippen LogP contribution in [0.15, 0.2) is 30.3 Å². The average molecular weight is 232 g/mol. The third-order valence-electron chi connectivity index (χ3n) is 4.05. The zero-order valence-corrected chi connectivity index (χ0v) is 11.2. The number of likely N-dealkylation sites (N-methyl/N-ethyl adjacent to an activating group) is 1. The van der Waals surface area contributed by atoms with Gasteiger partial charge in [0.15, 0.2) is 0 Å². The van der Waals surface area contributed by atoms with Crippen molar-refractivity contribution in [2.24, 2.45) is 5.92 Å². The van der Waals surface area contributed by atoms with Crippen LogP contribution in [-0.4, -0.2) is 38.1 Å². The number of nitrogens with zero attached hydrogens (tertiary/aromatic N) is 1. The van der Waals surface area contributed by atoms with Gasteiger partial charge >= 0.3 is 0 Å². The first-order valence-corrected chi connectivity index (χ1v) is 6.76. The van der Waals surface area contributed by atoms with E-state index in [4.69, 9.17) is 0 Å². The molecule has 0 bridgehead atoms. The lowest BCUT2D eigenvalue weighted by atomic mass is 9.75. The second kappa shape index (κ2) is 5.19. The molecule has 3 rings (SSSR count). The Morgan fingerprint density at radius 3 is 2.65 bits per heavy atom. The Kier molecular flexibility index (Phi) is 3.85. The molecule has 0 spiro atoms. The molecule has 0 unspecified atom stereocenters. The van der Waals surface area contributed by atoms with Crippen molar-refractivity contribution in [3.8, 4) is 0 Å². The van der Waals surface area contributed by atoms with Crippen LogP contribution in [0.2, 0.25) is 0 Å². The second-order valence-electron chi connectivity index (χ2n) is 5.05. The Hall–Kier alpha value is -0.860. The zero-order valence-electron chi connectivity index (χ0n) is 11.2. The Bertz CT molecular complexity index is 349. The maximum atomic E-state index is 3.56. The van der Waals surface area contributed by atoms with Crippen molar-refractivity contribution in [3.63, 3.8) is 0 Å². The van der Waals surface area contributed by atoms with Gasteiger partial charge in [-0.1, -0.05) is 44.2 Å². The summed E-state index contributed by atoms with van der Waals surface area (Å²) in [5.41, 5.74) is 1.90. The minimum Gasteiger partial charge on any atom is -0.315 e. The molecule has 2 heterocycles. The third-order valence-corrected chi connectivity index (χ3v) is 4.05. The van der Waals surface area contributed by atoms with E-state index in [2.05, 4.69) is 47.6 Å².